The van der Waals surface area contributed by atoms with E-state index in [-0.39, 0.29) is 30.2 Å². The average Bonchev–Trinajstić information content (AvgIpc) is 3.09. The lowest BCUT2D eigenvalue weighted by atomic mass is 9.94. The van der Waals surface area contributed by atoms with Crippen molar-refractivity contribution in [2.75, 3.05) is 19.4 Å². The largest absolute Gasteiger partial charge is 0.465 e. The van der Waals surface area contributed by atoms with Crippen molar-refractivity contribution in [1.82, 2.24) is 10.2 Å². The fourth-order valence-corrected chi connectivity index (χ4v) is 4.53. The van der Waals surface area contributed by atoms with E-state index in [4.69, 9.17) is 4.74 Å². The summed E-state index contributed by atoms with van der Waals surface area (Å²) in [6.45, 7) is 3.73. The van der Waals surface area contributed by atoms with E-state index in [1.54, 1.807) is 30.3 Å². The summed E-state index contributed by atoms with van der Waals surface area (Å²) in [5.74, 6) is -0.721. The number of hydrogen-bond acceptors (Lipinski definition) is 7. The molecule has 2 aliphatic heterocycles. The first-order valence-electron chi connectivity index (χ1n) is 9.81. The molecule has 1 aromatic rings. The highest BCUT2D eigenvalue weighted by molar-refractivity contribution is 8.03. The number of thioether (sulfide) groups is 1. The Morgan fingerprint density at radius 2 is 1.94 bits per heavy atom. The number of methoxy groups -OCH3 is 1. The molecular formula is C22H24N2O6S. The second kappa shape index (κ2) is 9.82. The molecule has 3 rings (SSSR count). The fraction of sp³-hybridized carbons (Fsp3) is 0.364. The molecule has 0 aromatic heterocycles. The van der Waals surface area contributed by atoms with Crippen molar-refractivity contribution in [3.63, 3.8) is 0 Å². The van der Waals surface area contributed by atoms with Crippen molar-refractivity contribution < 1.29 is 28.7 Å². The Hall–Kier alpha value is -3.07. The van der Waals surface area contributed by atoms with Crippen molar-refractivity contribution in [2.24, 2.45) is 0 Å². The van der Waals surface area contributed by atoms with Gasteiger partial charge in [0.2, 0.25) is 5.91 Å². The summed E-state index contributed by atoms with van der Waals surface area (Å²) in [6, 6.07) is 6.42. The van der Waals surface area contributed by atoms with E-state index in [0.29, 0.717) is 35.4 Å². The van der Waals surface area contributed by atoms with Crippen LogP contribution in [0.3, 0.4) is 0 Å². The molecule has 1 atom stereocenters. The van der Waals surface area contributed by atoms with Gasteiger partial charge in [0.25, 0.3) is 5.91 Å². The van der Waals surface area contributed by atoms with Gasteiger partial charge in [-0.05, 0) is 24.6 Å². The van der Waals surface area contributed by atoms with Crippen molar-refractivity contribution in [3.05, 3.63) is 57.6 Å². The van der Waals surface area contributed by atoms with Gasteiger partial charge >= 0.3 is 11.9 Å². The Labute approximate surface area is 184 Å². The van der Waals surface area contributed by atoms with Gasteiger partial charge in [0.05, 0.1) is 18.7 Å². The molecule has 1 unspecified atom stereocenters. The summed E-state index contributed by atoms with van der Waals surface area (Å²) < 4.78 is 10.1. The number of β-lactam (4-membered cyclic amide) rings is 1. The number of nitrogens with one attached hydrogen (secondary N) is 1. The Balaban J connectivity index is 1.68. The fourth-order valence-electron chi connectivity index (χ4n) is 3.49. The predicted molar refractivity (Wildman–Crippen MR) is 115 cm³/mol. The van der Waals surface area contributed by atoms with Crippen LogP contribution in [-0.4, -0.2) is 54.1 Å². The smallest absolute Gasteiger partial charge is 0.356 e. The van der Waals surface area contributed by atoms with E-state index in [9.17, 15) is 19.2 Å². The van der Waals surface area contributed by atoms with E-state index in [0.717, 1.165) is 4.91 Å². The van der Waals surface area contributed by atoms with Crippen molar-refractivity contribution in [2.45, 2.75) is 32.9 Å². The maximum Gasteiger partial charge on any atom is 0.356 e. The Morgan fingerprint density at radius 1 is 1.23 bits per heavy atom. The van der Waals surface area contributed by atoms with E-state index < -0.39 is 11.9 Å². The number of allylic oxidation sites excluding steroid dienone is 1. The topological polar surface area (TPSA) is 102 Å². The number of hydrogen-bond donors (Lipinski definition) is 1. The highest BCUT2D eigenvalue weighted by Crippen LogP contribution is 2.45. The standard InChI is InChI=1S/C22H24N2O6S/c1-4-16-17-11-18(31-10-9-23-13(2)25)19(24(17)20(16)26)22(28)30-12-14-5-7-15(8-6-14)21(27)29-3/h4-8,17H,9-12H2,1-3H3,(H,23,25)/b16-4-. The third-order valence-electron chi connectivity index (χ3n) is 5.02. The number of rotatable bonds is 8. The van der Waals surface area contributed by atoms with E-state index in [1.165, 1.54) is 30.7 Å². The predicted octanol–water partition coefficient (Wildman–Crippen LogP) is 2.16. The van der Waals surface area contributed by atoms with Crippen LogP contribution in [0.25, 0.3) is 0 Å². The van der Waals surface area contributed by atoms with Crippen LogP contribution >= 0.6 is 11.8 Å². The van der Waals surface area contributed by atoms with Crippen LogP contribution in [0.15, 0.2) is 46.5 Å². The van der Waals surface area contributed by atoms with Crippen LogP contribution in [0.5, 0.6) is 0 Å². The van der Waals surface area contributed by atoms with Crippen LogP contribution in [0.4, 0.5) is 0 Å². The molecule has 1 saturated heterocycles. The van der Waals surface area contributed by atoms with Gasteiger partial charge in [-0.3, -0.25) is 14.5 Å². The lowest BCUT2D eigenvalue weighted by Gasteiger charge is -2.38. The number of carbonyl (C=O) groups is 4. The number of carbonyl (C=O) groups excluding carboxylic acids is 4. The first-order chi connectivity index (χ1) is 14.9. The molecule has 31 heavy (non-hydrogen) atoms. The summed E-state index contributed by atoms with van der Waals surface area (Å²) in [4.78, 5) is 50.2. The molecule has 8 nitrogen and oxygen atoms in total. The molecule has 2 aliphatic rings. The zero-order chi connectivity index (χ0) is 22.5. The highest BCUT2D eigenvalue weighted by Gasteiger charge is 2.51. The van der Waals surface area contributed by atoms with Crippen LogP contribution in [-0.2, 0) is 30.5 Å². The molecule has 0 bridgehead atoms. The number of fused-ring (bicyclic) bond motifs is 1. The van der Waals surface area contributed by atoms with Gasteiger partial charge in [0, 0.05) is 36.1 Å². The Kier molecular flexibility index (Phi) is 7.17. The molecule has 1 N–H and O–H groups in total. The minimum absolute atomic E-state index is 0.0107. The molecule has 9 heteroatoms. The molecular weight excluding hydrogens is 420 g/mol. The zero-order valence-corrected chi connectivity index (χ0v) is 18.4. The molecule has 0 radical (unpaired) electrons. The van der Waals surface area contributed by atoms with Crippen LogP contribution in [0.1, 0.15) is 36.2 Å². The van der Waals surface area contributed by atoms with Gasteiger partial charge in [-0.1, -0.05) is 18.2 Å². The van der Waals surface area contributed by atoms with E-state index in [1.807, 2.05) is 6.92 Å². The highest BCUT2D eigenvalue weighted by atomic mass is 32.2. The van der Waals surface area contributed by atoms with Gasteiger partial charge in [0.15, 0.2) is 0 Å². The van der Waals surface area contributed by atoms with Crippen molar-refractivity contribution in [3.8, 4) is 0 Å². The summed E-state index contributed by atoms with van der Waals surface area (Å²) in [6.07, 6.45) is 2.34. The van der Waals surface area contributed by atoms with Gasteiger partial charge in [0.1, 0.15) is 12.3 Å². The quantitative estimate of drug-likeness (QED) is 0.284. The molecule has 1 fully saturated rings. The summed E-state index contributed by atoms with van der Waals surface area (Å²) >= 11 is 1.45. The summed E-state index contributed by atoms with van der Waals surface area (Å²) in [5.41, 5.74) is 2.09. The average molecular weight is 445 g/mol. The summed E-state index contributed by atoms with van der Waals surface area (Å²) in [7, 11) is 1.31. The van der Waals surface area contributed by atoms with Crippen molar-refractivity contribution in [1.29, 1.82) is 0 Å². The number of esters is 2. The third kappa shape index (κ3) is 4.82. The number of nitrogens with zero attached hydrogens (tertiary/aromatic N) is 1. The lowest BCUT2D eigenvalue weighted by molar-refractivity contribution is -0.147. The maximum atomic E-state index is 12.9. The maximum absolute atomic E-state index is 12.9. The minimum atomic E-state index is -0.565. The molecule has 0 aliphatic carbocycles. The van der Waals surface area contributed by atoms with Crippen LogP contribution < -0.4 is 5.32 Å². The zero-order valence-electron chi connectivity index (χ0n) is 17.6. The molecule has 164 valence electrons. The van der Waals surface area contributed by atoms with E-state index in [2.05, 4.69) is 10.1 Å². The first-order valence-corrected chi connectivity index (χ1v) is 10.8. The normalized spacial score (nSPS) is 18.5. The van der Waals surface area contributed by atoms with Gasteiger partial charge in [-0.2, -0.15) is 0 Å². The Bertz CT molecular complexity index is 967. The van der Waals surface area contributed by atoms with Gasteiger partial charge < -0.3 is 14.8 Å². The monoisotopic (exact) mass is 444 g/mol. The number of amides is 2. The Morgan fingerprint density at radius 3 is 2.55 bits per heavy atom. The molecule has 1 aromatic carbocycles. The lowest BCUT2D eigenvalue weighted by Crippen LogP contribution is -2.52. The minimum Gasteiger partial charge on any atom is -0.465 e. The number of ether oxygens (including phenoxy) is 2. The molecule has 0 spiro atoms. The SMILES string of the molecule is C/C=C1\C(=O)N2C(C(=O)OCc3ccc(C(=O)OC)cc3)=C(SCCNC(C)=O)CC12. The third-order valence-corrected chi connectivity index (χ3v) is 6.14. The van der Waals surface area contributed by atoms with Gasteiger partial charge in [-0.25, -0.2) is 9.59 Å². The van der Waals surface area contributed by atoms with Gasteiger partial charge in [-0.15, -0.1) is 11.8 Å². The van der Waals surface area contributed by atoms with Crippen LogP contribution in [0, 0.1) is 0 Å². The molecule has 2 amide bonds. The first kappa shape index (κ1) is 22.6. The second-order valence-corrected chi connectivity index (χ2v) is 8.20. The number of benzene rings is 1. The molecule has 0 saturated carbocycles. The van der Waals surface area contributed by atoms with E-state index >= 15 is 0 Å². The van der Waals surface area contributed by atoms with Crippen molar-refractivity contribution >= 4 is 35.5 Å². The summed E-state index contributed by atoms with van der Waals surface area (Å²) in [5, 5.41) is 2.72. The second-order valence-electron chi connectivity index (χ2n) is 7.01. The van der Waals surface area contributed by atoms with Crippen LogP contribution in [0.2, 0.25) is 0 Å². The molecule has 2 heterocycles.